The predicted octanol–water partition coefficient (Wildman–Crippen LogP) is 20.5. The Labute approximate surface area is 549 Å². The minimum atomic E-state index is -4.95. The molecule has 19 heteroatoms. The number of esters is 4. The van der Waals surface area contributed by atoms with Crippen LogP contribution in [0.4, 0.5) is 0 Å². The Kier molecular flexibility index (Phi) is 63.0. The van der Waals surface area contributed by atoms with Crippen LogP contribution in [0.5, 0.6) is 0 Å². The van der Waals surface area contributed by atoms with Gasteiger partial charge in [-0.25, -0.2) is 9.13 Å². The first kappa shape index (κ1) is 88.1. The third kappa shape index (κ3) is 64.8. The second-order valence-corrected chi connectivity index (χ2v) is 29.0. The lowest BCUT2D eigenvalue weighted by Crippen LogP contribution is -2.30. The van der Waals surface area contributed by atoms with Gasteiger partial charge in [-0.05, 0) is 31.6 Å². The second kappa shape index (κ2) is 64.4. The van der Waals surface area contributed by atoms with Gasteiger partial charge < -0.3 is 33.8 Å². The van der Waals surface area contributed by atoms with E-state index >= 15 is 0 Å². The number of carbonyl (C=O) groups is 4. The fourth-order valence-electron chi connectivity index (χ4n) is 10.8. The number of hydrogen-bond acceptors (Lipinski definition) is 15. The van der Waals surface area contributed by atoms with Gasteiger partial charge in [0.15, 0.2) is 12.2 Å². The largest absolute Gasteiger partial charge is 0.472 e. The zero-order valence-electron chi connectivity index (χ0n) is 58.3. The summed E-state index contributed by atoms with van der Waals surface area (Å²) in [5.74, 6) is -1.34. The average Bonchev–Trinajstić information content (AvgIpc) is 3.73. The van der Waals surface area contributed by atoms with Crippen molar-refractivity contribution >= 4 is 39.5 Å². The highest BCUT2D eigenvalue weighted by Gasteiger charge is 2.30. The lowest BCUT2D eigenvalue weighted by Gasteiger charge is -2.21. The number of rotatable bonds is 71. The summed E-state index contributed by atoms with van der Waals surface area (Å²) in [5.41, 5.74) is 0. The molecule has 0 spiro atoms. The van der Waals surface area contributed by atoms with E-state index in [-0.39, 0.29) is 25.7 Å². The van der Waals surface area contributed by atoms with Crippen LogP contribution < -0.4 is 0 Å². The van der Waals surface area contributed by atoms with Crippen molar-refractivity contribution in [1.82, 2.24) is 0 Å². The molecule has 0 bridgehead atoms. The lowest BCUT2D eigenvalue weighted by atomic mass is 10.0. The Morgan fingerprint density at radius 1 is 0.300 bits per heavy atom. The molecule has 0 aliphatic carbocycles. The molecule has 0 aromatic heterocycles. The van der Waals surface area contributed by atoms with Gasteiger partial charge >= 0.3 is 39.5 Å². The van der Waals surface area contributed by atoms with E-state index in [1.807, 2.05) is 0 Å². The fraction of sp³-hybridized carbons (Fsp3) is 0.944. The van der Waals surface area contributed by atoms with E-state index < -0.39 is 97.5 Å². The van der Waals surface area contributed by atoms with Crippen molar-refractivity contribution in [3.05, 3.63) is 0 Å². The standard InChI is InChI=1S/C71H138O17P2/c1-6-9-12-15-17-19-20-21-22-23-24-25-26-27-32-35-38-42-47-52-57-71(76)88-67(61-82-69(74)55-50-45-41-37-34-31-29-28-30-33-36-39-44-48-53-64(4)5)63-86-90(79,80)84-59-65(72)58-83-89(77,78)85-62-66(60-81-68(73)54-49-43-14-11-8-3)87-70(75)56-51-46-40-18-16-13-10-7-2/h64-67,72H,6-63H2,1-5H3,(H,77,78)(H,79,80)/t65-,66+,67+/m0/s1. The van der Waals surface area contributed by atoms with Crippen LogP contribution in [-0.4, -0.2) is 96.7 Å². The molecule has 3 N–H and O–H groups in total. The molecule has 5 atom stereocenters. The second-order valence-electron chi connectivity index (χ2n) is 26.1. The molecule has 0 aromatic carbocycles. The van der Waals surface area contributed by atoms with Crippen molar-refractivity contribution in [3.8, 4) is 0 Å². The van der Waals surface area contributed by atoms with Crippen molar-refractivity contribution in [2.75, 3.05) is 39.6 Å². The number of ether oxygens (including phenoxy) is 4. The monoisotopic (exact) mass is 1320 g/mol. The molecule has 0 aliphatic rings. The SMILES string of the molecule is CCCCCCCCCCCCCCCCCCCCCCC(=O)O[C@H](COC(=O)CCCCCCCCCCCCCCCCC(C)C)COP(=O)(O)OC[C@@H](O)COP(=O)(O)OC[C@@H](COC(=O)CCCCCCC)OC(=O)CCCCCCCCCC. The van der Waals surface area contributed by atoms with Gasteiger partial charge in [-0.15, -0.1) is 0 Å². The van der Waals surface area contributed by atoms with E-state index in [0.717, 1.165) is 109 Å². The van der Waals surface area contributed by atoms with Gasteiger partial charge in [0.05, 0.1) is 26.4 Å². The molecule has 0 radical (unpaired) electrons. The average molecular weight is 1330 g/mol. The molecule has 0 amide bonds. The molecule has 17 nitrogen and oxygen atoms in total. The maximum absolute atomic E-state index is 13.0. The van der Waals surface area contributed by atoms with E-state index in [0.29, 0.717) is 25.7 Å². The normalized spacial score (nSPS) is 14.1. The molecule has 0 aliphatic heterocycles. The van der Waals surface area contributed by atoms with Crippen LogP contribution in [-0.2, 0) is 65.4 Å². The summed E-state index contributed by atoms with van der Waals surface area (Å²) in [7, 11) is -9.88. The van der Waals surface area contributed by atoms with Crippen molar-refractivity contribution in [3.63, 3.8) is 0 Å². The highest BCUT2D eigenvalue weighted by atomic mass is 31.2. The predicted molar refractivity (Wildman–Crippen MR) is 363 cm³/mol. The molecule has 0 fully saturated rings. The third-order valence-electron chi connectivity index (χ3n) is 16.5. The number of hydrogen-bond donors (Lipinski definition) is 3. The Balaban J connectivity index is 5.10. The summed E-state index contributed by atoms with van der Waals surface area (Å²) in [6.07, 6.45) is 52.0. The minimum Gasteiger partial charge on any atom is -0.462 e. The van der Waals surface area contributed by atoms with Crippen molar-refractivity contribution < 1.29 is 80.2 Å². The first-order chi connectivity index (χ1) is 43.5. The van der Waals surface area contributed by atoms with Crippen molar-refractivity contribution in [2.45, 2.75) is 387 Å². The van der Waals surface area contributed by atoms with Gasteiger partial charge in [-0.1, -0.05) is 317 Å². The van der Waals surface area contributed by atoms with Crippen LogP contribution in [0.25, 0.3) is 0 Å². The first-order valence-corrected chi connectivity index (χ1v) is 40.1. The van der Waals surface area contributed by atoms with Gasteiger partial charge in [-0.3, -0.25) is 37.3 Å². The Morgan fingerprint density at radius 2 is 0.511 bits per heavy atom. The number of unbranched alkanes of at least 4 members (excludes halogenated alkanes) is 43. The van der Waals surface area contributed by atoms with Crippen LogP contribution in [0.3, 0.4) is 0 Å². The molecular formula is C71H138O17P2. The zero-order valence-corrected chi connectivity index (χ0v) is 60.1. The van der Waals surface area contributed by atoms with Crippen LogP contribution in [0.15, 0.2) is 0 Å². The van der Waals surface area contributed by atoms with E-state index in [4.69, 9.17) is 37.0 Å². The number of carbonyl (C=O) groups excluding carboxylic acids is 4. The molecule has 2 unspecified atom stereocenters. The maximum Gasteiger partial charge on any atom is 0.472 e. The summed E-state index contributed by atoms with van der Waals surface area (Å²) < 4.78 is 68.0. The molecule has 0 saturated heterocycles. The molecular weight excluding hydrogens is 1190 g/mol. The van der Waals surface area contributed by atoms with E-state index in [1.165, 1.54) is 180 Å². The number of aliphatic hydroxyl groups is 1. The van der Waals surface area contributed by atoms with E-state index in [1.54, 1.807) is 0 Å². The van der Waals surface area contributed by atoms with Gasteiger partial charge in [0.2, 0.25) is 0 Å². The summed E-state index contributed by atoms with van der Waals surface area (Å²) >= 11 is 0. The molecule has 90 heavy (non-hydrogen) atoms. The first-order valence-electron chi connectivity index (χ1n) is 37.1. The zero-order chi connectivity index (χ0) is 66.3. The van der Waals surface area contributed by atoms with Crippen LogP contribution in [0.2, 0.25) is 0 Å². The van der Waals surface area contributed by atoms with Gasteiger partial charge in [-0.2, -0.15) is 0 Å². The van der Waals surface area contributed by atoms with Crippen LogP contribution in [0.1, 0.15) is 369 Å². The lowest BCUT2D eigenvalue weighted by molar-refractivity contribution is -0.161. The summed E-state index contributed by atoms with van der Waals surface area (Å²) in [6.45, 7) is 7.16. The molecule has 0 saturated carbocycles. The maximum atomic E-state index is 13.0. The number of phosphoric ester groups is 2. The molecule has 534 valence electrons. The third-order valence-corrected chi connectivity index (χ3v) is 18.4. The Bertz CT molecular complexity index is 1740. The highest BCUT2D eigenvalue weighted by molar-refractivity contribution is 7.47. The molecule has 0 rings (SSSR count). The van der Waals surface area contributed by atoms with E-state index in [9.17, 15) is 43.2 Å². The minimum absolute atomic E-state index is 0.104. The van der Waals surface area contributed by atoms with Gasteiger partial charge in [0.25, 0.3) is 0 Å². The van der Waals surface area contributed by atoms with Crippen LogP contribution in [0, 0.1) is 5.92 Å². The Morgan fingerprint density at radius 3 is 0.756 bits per heavy atom. The number of phosphoric acid groups is 2. The van der Waals surface area contributed by atoms with E-state index in [2.05, 4.69) is 34.6 Å². The van der Waals surface area contributed by atoms with Crippen molar-refractivity contribution in [1.29, 1.82) is 0 Å². The van der Waals surface area contributed by atoms with Gasteiger partial charge in [0, 0.05) is 25.7 Å². The van der Waals surface area contributed by atoms with Crippen LogP contribution >= 0.6 is 15.6 Å². The fourth-order valence-corrected chi connectivity index (χ4v) is 12.4. The van der Waals surface area contributed by atoms with Crippen molar-refractivity contribution in [2.24, 2.45) is 5.92 Å². The quantitative estimate of drug-likeness (QED) is 0.0222. The smallest absolute Gasteiger partial charge is 0.462 e. The summed E-state index contributed by atoms with van der Waals surface area (Å²) in [5, 5.41) is 10.5. The summed E-state index contributed by atoms with van der Waals surface area (Å²) in [6, 6.07) is 0. The van der Waals surface area contributed by atoms with Gasteiger partial charge in [0.1, 0.15) is 19.3 Å². The highest BCUT2D eigenvalue weighted by Crippen LogP contribution is 2.45. The number of aliphatic hydroxyl groups excluding tert-OH is 1. The molecule has 0 aromatic rings. The Hall–Kier alpha value is -1.94. The summed E-state index contributed by atoms with van der Waals surface area (Å²) in [4.78, 5) is 72.2. The molecule has 0 heterocycles. The topological polar surface area (TPSA) is 237 Å².